The van der Waals surface area contributed by atoms with E-state index in [1.807, 2.05) is 0 Å². The van der Waals surface area contributed by atoms with E-state index in [4.69, 9.17) is 15.8 Å². The number of carbonyl (C=O) groups excluding carboxylic acids is 1. The van der Waals surface area contributed by atoms with Crippen molar-refractivity contribution in [2.24, 2.45) is 0 Å². The molecule has 0 aliphatic heterocycles. The predicted octanol–water partition coefficient (Wildman–Crippen LogP) is 3.51. The average molecular weight is 355 g/mol. The van der Waals surface area contributed by atoms with E-state index in [1.165, 1.54) is 31.4 Å². The van der Waals surface area contributed by atoms with Crippen molar-refractivity contribution in [2.45, 2.75) is 18.7 Å². The zero-order chi connectivity index (χ0) is 17.2. The van der Waals surface area contributed by atoms with Gasteiger partial charge in [-0.3, -0.25) is 0 Å². The van der Waals surface area contributed by atoms with Crippen LogP contribution >= 0.6 is 11.6 Å². The van der Waals surface area contributed by atoms with Gasteiger partial charge in [-0.1, -0.05) is 17.7 Å². The SMILES string of the molecule is COC(=O)c1ccc(S(=O)(=O)Oc2cc(C)ccc2Cl)c(C)c1. The van der Waals surface area contributed by atoms with Crippen LogP contribution in [0.25, 0.3) is 0 Å². The van der Waals surface area contributed by atoms with E-state index in [-0.39, 0.29) is 21.2 Å². The molecule has 0 spiro atoms. The summed E-state index contributed by atoms with van der Waals surface area (Å²) in [5.41, 5.74) is 1.45. The Morgan fingerprint density at radius 3 is 2.39 bits per heavy atom. The van der Waals surface area contributed by atoms with Gasteiger partial charge in [0.1, 0.15) is 4.90 Å². The third-order valence-corrected chi connectivity index (χ3v) is 4.86. The molecule has 0 bridgehead atoms. The second-order valence-corrected chi connectivity index (χ2v) is 6.87. The largest absolute Gasteiger partial charge is 0.465 e. The number of methoxy groups -OCH3 is 1. The topological polar surface area (TPSA) is 69.7 Å². The second-order valence-electron chi connectivity index (χ2n) is 4.94. The van der Waals surface area contributed by atoms with Crippen molar-refractivity contribution in [3.05, 3.63) is 58.1 Å². The zero-order valence-electron chi connectivity index (χ0n) is 12.8. The molecule has 0 aromatic heterocycles. The first kappa shape index (κ1) is 17.3. The maximum atomic E-state index is 12.4. The number of benzene rings is 2. The molecule has 0 saturated heterocycles. The van der Waals surface area contributed by atoms with Gasteiger partial charge in [0.05, 0.1) is 17.7 Å². The lowest BCUT2D eigenvalue weighted by atomic mass is 10.1. The van der Waals surface area contributed by atoms with Gasteiger partial charge in [0.25, 0.3) is 0 Å². The fraction of sp³-hybridized carbons (Fsp3) is 0.188. The van der Waals surface area contributed by atoms with Crippen molar-refractivity contribution >= 4 is 27.7 Å². The Morgan fingerprint density at radius 2 is 1.78 bits per heavy atom. The van der Waals surface area contributed by atoms with Crippen LogP contribution in [0.5, 0.6) is 5.75 Å². The summed E-state index contributed by atoms with van der Waals surface area (Å²) in [5, 5.41) is 0.197. The minimum Gasteiger partial charge on any atom is -0.465 e. The average Bonchev–Trinajstić information content (AvgIpc) is 2.49. The number of carbonyl (C=O) groups is 1. The van der Waals surface area contributed by atoms with Gasteiger partial charge in [0.2, 0.25) is 0 Å². The molecule has 0 fully saturated rings. The highest BCUT2D eigenvalue weighted by atomic mass is 35.5. The van der Waals surface area contributed by atoms with Crippen molar-refractivity contribution in [3.8, 4) is 5.75 Å². The van der Waals surface area contributed by atoms with Crippen LogP contribution in [0.15, 0.2) is 41.3 Å². The van der Waals surface area contributed by atoms with E-state index in [1.54, 1.807) is 26.0 Å². The first-order valence-electron chi connectivity index (χ1n) is 6.64. The van der Waals surface area contributed by atoms with Gasteiger partial charge < -0.3 is 8.92 Å². The summed E-state index contributed by atoms with van der Waals surface area (Å²) in [6.45, 7) is 3.37. The fourth-order valence-electron chi connectivity index (χ4n) is 2.01. The van der Waals surface area contributed by atoms with Gasteiger partial charge in [0.15, 0.2) is 5.75 Å². The van der Waals surface area contributed by atoms with Gasteiger partial charge in [0, 0.05) is 0 Å². The molecule has 2 rings (SSSR count). The maximum Gasteiger partial charge on any atom is 0.339 e. The summed E-state index contributed by atoms with van der Waals surface area (Å²) >= 11 is 5.96. The number of esters is 1. The quantitative estimate of drug-likeness (QED) is 0.620. The smallest absolute Gasteiger partial charge is 0.339 e. The van der Waals surface area contributed by atoms with E-state index in [0.717, 1.165) is 5.56 Å². The van der Waals surface area contributed by atoms with Crippen LogP contribution in [0.3, 0.4) is 0 Å². The molecular formula is C16H15ClO5S. The van der Waals surface area contributed by atoms with Crippen molar-refractivity contribution < 1.29 is 22.1 Å². The van der Waals surface area contributed by atoms with Gasteiger partial charge in [-0.2, -0.15) is 8.42 Å². The van der Waals surface area contributed by atoms with Gasteiger partial charge in [-0.25, -0.2) is 4.79 Å². The lowest BCUT2D eigenvalue weighted by Crippen LogP contribution is -2.12. The summed E-state index contributed by atoms with van der Waals surface area (Å²) < 4.78 is 34.6. The first-order valence-corrected chi connectivity index (χ1v) is 8.43. The van der Waals surface area contributed by atoms with E-state index >= 15 is 0 Å². The van der Waals surface area contributed by atoms with Crippen LogP contribution in [0.2, 0.25) is 5.02 Å². The van der Waals surface area contributed by atoms with Gasteiger partial charge >= 0.3 is 16.1 Å². The molecule has 5 nitrogen and oxygen atoms in total. The lowest BCUT2D eigenvalue weighted by Gasteiger charge is -2.11. The number of halogens is 1. The minimum absolute atomic E-state index is 0.0391. The van der Waals surface area contributed by atoms with E-state index in [0.29, 0.717) is 5.56 Å². The molecule has 0 atom stereocenters. The standard InChI is InChI=1S/C16H15ClO5S/c1-10-4-6-13(17)14(8-10)22-23(19,20)15-7-5-12(9-11(15)2)16(18)21-3/h4-9H,1-3H3. The lowest BCUT2D eigenvalue weighted by molar-refractivity contribution is 0.0600. The molecule has 2 aromatic carbocycles. The van der Waals surface area contributed by atoms with Crippen LogP contribution in [0, 0.1) is 13.8 Å². The molecule has 0 aliphatic rings. The Balaban J connectivity index is 2.40. The highest BCUT2D eigenvalue weighted by Gasteiger charge is 2.22. The van der Waals surface area contributed by atoms with Crippen molar-refractivity contribution in [3.63, 3.8) is 0 Å². The van der Waals surface area contributed by atoms with Crippen LogP contribution in [-0.2, 0) is 14.9 Å². The fourth-order valence-corrected chi connectivity index (χ4v) is 3.37. The van der Waals surface area contributed by atoms with Crippen LogP contribution in [-0.4, -0.2) is 21.5 Å². The molecule has 0 saturated carbocycles. The molecule has 0 radical (unpaired) electrons. The van der Waals surface area contributed by atoms with Gasteiger partial charge in [-0.15, -0.1) is 0 Å². The first-order chi connectivity index (χ1) is 10.7. The monoisotopic (exact) mass is 354 g/mol. The molecule has 0 N–H and O–H groups in total. The maximum absolute atomic E-state index is 12.4. The minimum atomic E-state index is -4.07. The number of rotatable bonds is 4. The molecular weight excluding hydrogens is 340 g/mol. The Morgan fingerprint density at radius 1 is 1.09 bits per heavy atom. The Hall–Kier alpha value is -2.05. The molecule has 2 aromatic rings. The molecule has 23 heavy (non-hydrogen) atoms. The third kappa shape index (κ3) is 3.83. The summed E-state index contributed by atoms with van der Waals surface area (Å²) in [6.07, 6.45) is 0. The summed E-state index contributed by atoms with van der Waals surface area (Å²) in [7, 11) is -2.81. The molecule has 0 amide bonds. The summed E-state index contributed by atoms with van der Waals surface area (Å²) in [5.74, 6) is -0.484. The zero-order valence-corrected chi connectivity index (χ0v) is 14.4. The second kappa shape index (κ2) is 6.60. The number of ether oxygens (including phenoxy) is 1. The third-order valence-electron chi connectivity index (χ3n) is 3.15. The molecule has 122 valence electrons. The number of hydrogen-bond acceptors (Lipinski definition) is 5. The van der Waals surface area contributed by atoms with Crippen LogP contribution in [0.1, 0.15) is 21.5 Å². The van der Waals surface area contributed by atoms with Crippen molar-refractivity contribution in [1.82, 2.24) is 0 Å². The van der Waals surface area contributed by atoms with Crippen molar-refractivity contribution in [2.75, 3.05) is 7.11 Å². The summed E-state index contributed by atoms with van der Waals surface area (Å²) in [4.78, 5) is 11.4. The Labute approximate surface area is 139 Å². The highest BCUT2D eigenvalue weighted by Crippen LogP contribution is 2.29. The van der Waals surface area contributed by atoms with E-state index in [9.17, 15) is 13.2 Å². The highest BCUT2D eigenvalue weighted by molar-refractivity contribution is 7.87. The van der Waals surface area contributed by atoms with E-state index < -0.39 is 16.1 Å². The molecule has 7 heteroatoms. The molecule has 0 aliphatic carbocycles. The Bertz CT molecular complexity index is 859. The normalized spacial score (nSPS) is 11.1. The Kier molecular flexibility index (Phi) is 4.97. The number of aryl methyl sites for hydroxylation is 2. The van der Waals surface area contributed by atoms with Crippen LogP contribution < -0.4 is 4.18 Å². The van der Waals surface area contributed by atoms with E-state index in [2.05, 4.69) is 4.74 Å². The van der Waals surface area contributed by atoms with Crippen LogP contribution in [0.4, 0.5) is 0 Å². The van der Waals surface area contributed by atoms with Gasteiger partial charge in [-0.05, 0) is 55.3 Å². The summed E-state index contributed by atoms with van der Waals surface area (Å²) in [6, 6.07) is 8.96. The molecule has 0 heterocycles. The molecule has 0 unspecified atom stereocenters. The van der Waals surface area contributed by atoms with Crippen molar-refractivity contribution in [1.29, 1.82) is 0 Å². The number of hydrogen-bond donors (Lipinski definition) is 0. The predicted molar refractivity (Wildman–Crippen MR) is 86.5 cm³/mol.